The van der Waals surface area contributed by atoms with Crippen LogP contribution in [0.5, 0.6) is 0 Å². The predicted molar refractivity (Wildman–Crippen MR) is 74.8 cm³/mol. The van der Waals surface area contributed by atoms with Crippen LogP contribution in [0.2, 0.25) is 0 Å². The molecule has 1 rings (SSSR count). The third kappa shape index (κ3) is 5.22. The molecule has 4 nitrogen and oxygen atoms in total. The number of rotatable bonds is 8. The average Bonchev–Trinajstić information content (AvgIpc) is 2.38. The minimum absolute atomic E-state index is 0.135. The lowest BCUT2D eigenvalue weighted by molar-refractivity contribution is -0.0140. The van der Waals surface area contributed by atoms with Crippen LogP contribution < -0.4 is 5.32 Å². The molecular weight excluding hydrogens is 228 g/mol. The van der Waals surface area contributed by atoms with Crippen molar-refractivity contribution in [3.63, 3.8) is 0 Å². The Labute approximate surface area is 112 Å². The van der Waals surface area contributed by atoms with Gasteiger partial charge >= 0.3 is 0 Å². The van der Waals surface area contributed by atoms with Crippen LogP contribution >= 0.6 is 0 Å². The number of likely N-dealkylation sites (tertiary alicyclic amines) is 1. The monoisotopic (exact) mass is 258 g/mol. The van der Waals surface area contributed by atoms with Gasteiger partial charge in [-0.15, -0.1) is 0 Å². The summed E-state index contributed by atoms with van der Waals surface area (Å²) in [7, 11) is 2.03. The molecule has 0 amide bonds. The van der Waals surface area contributed by atoms with Crippen LogP contribution in [0, 0.1) is 5.41 Å². The van der Waals surface area contributed by atoms with Crippen LogP contribution in [0.1, 0.15) is 33.1 Å². The Hall–Kier alpha value is -0.160. The predicted octanol–water partition coefficient (Wildman–Crippen LogP) is 1.10. The Morgan fingerprint density at radius 1 is 1.39 bits per heavy atom. The van der Waals surface area contributed by atoms with Crippen molar-refractivity contribution >= 4 is 0 Å². The number of ether oxygens (including phenoxy) is 1. The number of nitrogens with one attached hydrogen (secondary N) is 1. The lowest BCUT2D eigenvalue weighted by atomic mass is 9.86. The summed E-state index contributed by atoms with van der Waals surface area (Å²) in [5, 5.41) is 12.1. The third-order valence-corrected chi connectivity index (χ3v) is 4.04. The Morgan fingerprint density at radius 2 is 2.06 bits per heavy atom. The molecule has 0 aromatic carbocycles. The molecule has 18 heavy (non-hydrogen) atoms. The molecule has 0 saturated carbocycles. The van der Waals surface area contributed by atoms with Gasteiger partial charge in [0.2, 0.25) is 0 Å². The molecule has 0 aromatic rings. The summed E-state index contributed by atoms with van der Waals surface area (Å²) in [6, 6.07) is 0. The minimum atomic E-state index is 0.135. The first-order valence-corrected chi connectivity index (χ1v) is 7.23. The Balaban J connectivity index is 2.29. The second-order valence-corrected chi connectivity index (χ2v) is 5.76. The SMILES string of the molecule is CCC(C)(CNC)CN1CCC(OCCO)CC1. The van der Waals surface area contributed by atoms with Crippen LogP contribution in [-0.4, -0.2) is 62.6 Å². The zero-order valence-corrected chi connectivity index (χ0v) is 12.2. The zero-order valence-electron chi connectivity index (χ0n) is 12.2. The third-order valence-electron chi connectivity index (χ3n) is 4.04. The lowest BCUT2D eigenvalue weighted by Gasteiger charge is -2.38. The zero-order chi connectivity index (χ0) is 13.4. The molecule has 2 N–H and O–H groups in total. The van der Waals surface area contributed by atoms with E-state index >= 15 is 0 Å². The number of piperidine rings is 1. The van der Waals surface area contributed by atoms with Crippen LogP contribution in [0.3, 0.4) is 0 Å². The van der Waals surface area contributed by atoms with E-state index in [1.807, 2.05) is 7.05 Å². The van der Waals surface area contributed by atoms with E-state index in [1.165, 1.54) is 6.42 Å². The highest BCUT2D eigenvalue weighted by atomic mass is 16.5. The normalized spacial score (nSPS) is 22.0. The Kier molecular flexibility index (Phi) is 7.15. The summed E-state index contributed by atoms with van der Waals surface area (Å²) < 4.78 is 5.60. The van der Waals surface area contributed by atoms with Crippen molar-refractivity contribution in [3.8, 4) is 0 Å². The van der Waals surface area contributed by atoms with Gasteiger partial charge in [-0.25, -0.2) is 0 Å². The maximum Gasteiger partial charge on any atom is 0.0701 e. The second kappa shape index (κ2) is 8.10. The summed E-state index contributed by atoms with van der Waals surface area (Å²) in [6.45, 7) is 9.73. The van der Waals surface area contributed by atoms with Crippen LogP contribution in [0.15, 0.2) is 0 Å². The van der Waals surface area contributed by atoms with Crippen molar-refractivity contribution in [1.82, 2.24) is 10.2 Å². The van der Waals surface area contributed by atoms with Crippen LogP contribution in [-0.2, 0) is 4.74 Å². The van der Waals surface area contributed by atoms with Gasteiger partial charge in [0.25, 0.3) is 0 Å². The molecule has 1 saturated heterocycles. The van der Waals surface area contributed by atoms with E-state index in [9.17, 15) is 0 Å². The fourth-order valence-corrected chi connectivity index (χ4v) is 2.71. The van der Waals surface area contributed by atoms with Crippen molar-refractivity contribution in [2.24, 2.45) is 5.41 Å². The van der Waals surface area contributed by atoms with Gasteiger partial charge in [-0.05, 0) is 31.7 Å². The summed E-state index contributed by atoms with van der Waals surface area (Å²) in [6.07, 6.45) is 3.75. The van der Waals surface area contributed by atoms with Gasteiger partial charge < -0.3 is 20.1 Å². The lowest BCUT2D eigenvalue weighted by Crippen LogP contribution is -2.45. The molecule has 1 unspecified atom stereocenters. The Bertz CT molecular complexity index is 218. The maximum atomic E-state index is 8.75. The van der Waals surface area contributed by atoms with Gasteiger partial charge in [0.1, 0.15) is 0 Å². The van der Waals surface area contributed by atoms with E-state index in [1.54, 1.807) is 0 Å². The molecule has 0 aromatic heterocycles. The fourth-order valence-electron chi connectivity index (χ4n) is 2.71. The standard InChI is InChI=1S/C14H30N2O2/c1-4-14(2,11-15-3)12-16-7-5-13(6-8-16)18-10-9-17/h13,15,17H,4-12H2,1-3H3. The first kappa shape index (κ1) is 15.9. The van der Waals surface area contributed by atoms with E-state index < -0.39 is 0 Å². The molecule has 0 spiro atoms. The number of aliphatic hydroxyl groups excluding tert-OH is 1. The van der Waals surface area contributed by atoms with Crippen molar-refractivity contribution < 1.29 is 9.84 Å². The number of hydrogen-bond acceptors (Lipinski definition) is 4. The largest absolute Gasteiger partial charge is 0.394 e. The topological polar surface area (TPSA) is 44.7 Å². The molecule has 108 valence electrons. The molecule has 1 aliphatic rings. The van der Waals surface area contributed by atoms with Crippen molar-refractivity contribution in [1.29, 1.82) is 0 Å². The Morgan fingerprint density at radius 3 is 2.56 bits per heavy atom. The molecule has 0 bridgehead atoms. The molecule has 1 aliphatic heterocycles. The first-order valence-electron chi connectivity index (χ1n) is 7.23. The molecule has 1 fully saturated rings. The summed E-state index contributed by atoms with van der Waals surface area (Å²) in [4.78, 5) is 2.56. The van der Waals surface area contributed by atoms with E-state index in [-0.39, 0.29) is 6.61 Å². The van der Waals surface area contributed by atoms with Gasteiger partial charge in [-0.1, -0.05) is 13.8 Å². The van der Waals surface area contributed by atoms with Gasteiger partial charge in [0, 0.05) is 26.2 Å². The van der Waals surface area contributed by atoms with Crippen molar-refractivity contribution in [2.75, 3.05) is 46.4 Å². The molecule has 4 heteroatoms. The van der Waals surface area contributed by atoms with Gasteiger partial charge in [-0.2, -0.15) is 0 Å². The molecule has 0 radical (unpaired) electrons. The smallest absolute Gasteiger partial charge is 0.0701 e. The second-order valence-electron chi connectivity index (χ2n) is 5.76. The number of aliphatic hydroxyl groups is 1. The van der Waals surface area contributed by atoms with E-state index in [0.717, 1.165) is 39.0 Å². The van der Waals surface area contributed by atoms with Crippen LogP contribution in [0.25, 0.3) is 0 Å². The highest BCUT2D eigenvalue weighted by Gasteiger charge is 2.27. The minimum Gasteiger partial charge on any atom is -0.394 e. The van der Waals surface area contributed by atoms with Gasteiger partial charge in [-0.3, -0.25) is 0 Å². The highest BCUT2D eigenvalue weighted by molar-refractivity contribution is 4.82. The van der Waals surface area contributed by atoms with E-state index in [2.05, 4.69) is 24.1 Å². The summed E-state index contributed by atoms with van der Waals surface area (Å²) in [5.41, 5.74) is 0.369. The number of hydrogen-bond donors (Lipinski definition) is 2. The average molecular weight is 258 g/mol. The van der Waals surface area contributed by atoms with Crippen molar-refractivity contribution in [3.05, 3.63) is 0 Å². The molecule has 1 atom stereocenters. The number of nitrogens with zero attached hydrogens (tertiary/aromatic N) is 1. The summed E-state index contributed by atoms with van der Waals surface area (Å²) >= 11 is 0. The molecule has 1 heterocycles. The van der Waals surface area contributed by atoms with Crippen LogP contribution in [0.4, 0.5) is 0 Å². The van der Waals surface area contributed by atoms with Gasteiger partial charge in [0.15, 0.2) is 0 Å². The highest BCUT2D eigenvalue weighted by Crippen LogP contribution is 2.24. The maximum absolute atomic E-state index is 8.75. The quantitative estimate of drug-likeness (QED) is 0.684. The first-order chi connectivity index (χ1) is 8.63. The molecule has 0 aliphatic carbocycles. The fraction of sp³-hybridized carbons (Fsp3) is 1.00. The summed E-state index contributed by atoms with van der Waals surface area (Å²) in [5.74, 6) is 0. The van der Waals surface area contributed by atoms with Gasteiger partial charge in [0.05, 0.1) is 19.3 Å². The van der Waals surface area contributed by atoms with Crippen molar-refractivity contribution in [2.45, 2.75) is 39.2 Å². The van der Waals surface area contributed by atoms with E-state index in [0.29, 0.717) is 18.1 Å². The molecular formula is C14H30N2O2. The van der Waals surface area contributed by atoms with E-state index in [4.69, 9.17) is 9.84 Å².